The van der Waals surface area contributed by atoms with Gasteiger partial charge in [0, 0.05) is 11.6 Å². The Morgan fingerprint density at radius 1 is 1.47 bits per heavy atom. The molecule has 17 heavy (non-hydrogen) atoms. The van der Waals surface area contributed by atoms with Crippen LogP contribution in [0.4, 0.5) is 0 Å². The van der Waals surface area contributed by atoms with E-state index in [0.29, 0.717) is 11.6 Å². The van der Waals surface area contributed by atoms with Gasteiger partial charge in [-0.1, -0.05) is 37.6 Å². The molecule has 0 amide bonds. The highest BCUT2D eigenvalue weighted by Crippen LogP contribution is 2.11. The summed E-state index contributed by atoms with van der Waals surface area (Å²) in [6.07, 6.45) is 0. The molecule has 0 saturated heterocycles. The maximum atomic E-state index is 11.5. The summed E-state index contributed by atoms with van der Waals surface area (Å²) in [5, 5.41) is 3.88. The summed E-state index contributed by atoms with van der Waals surface area (Å²) < 4.78 is 4.76. The molecular formula is C13H18ClNO2. The minimum atomic E-state index is -0.293. The molecule has 0 unspecified atom stereocenters. The first-order chi connectivity index (χ1) is 8.04. The van der Waals surface area contributed by atoms with E-state index in [1.165, 1.54) is 7.11 Å². The Hall–Kier alpha value is -1.06. The molecule has 0 bridgehead atoms. The number of esters is 1. The smallest absolute Gasteiger partial charge is 0.323 e. The second-order valence-electron chi connectivity index (χ2n) is 4.26. The van der Waals surface area contributed by atoms with Gasteiger partial charge >= 0.3 is 5.97 Å². The van der Waals surface area contributed by atoms with Crippen LogP contribution in [0, 0.1) is 5.92 Å². The predicted molar refractivity (Wildman–Crippen MR) is 68.9 cm³/mol. The SMILES string of the molecule is COC(=O)[C@H](NCc1cccc(Cl)c1)C(C)C. The Kier molecular flexibility index (Phi) is 5.45. The Balaban J connectivity index is 2.61. The van der Waals surface area contributed by atoms with E-state index in [4.69, 9.17) is 16.3 Å². The number of nitrogens with one attached hydrogen (secondary N) is 1. The maximum absolute atomic E-state index is 11.5. The largest absolute Gasteiger partial charge is 0.468 e. The molecular weight excluding hydrogens is 238 g/mol. The Morgan fingerprint density at radius 3 is 2.71 bits per heavy atom. The van der Waals surface area contributed by atoms with Crippen LogP contribution in [0.25, 0.3) is 0 Å². The van der Waals surface area contributed by atoms with Crippen LogP contribution < -0.4 is 5.32 Å². The van der Waals surface area contributed by atoms with Crippen molar-refractivity contribution in [2.24, 2.45) is 5.92 Å². The van der Waals surface area contributed by atoms with Crippen LogP contribution in [-0.2, 0) is 16.1 Å². The highest BCUT2D eigenvalue weighted by molar-refractivity contribution is 6.30. The highest BCUT2D eigenvalue weighted by Gasteiger charge is 2.21. The summed E-state index contributed by atoms with van der Waals surface area (Å²) in [6.45, 7) is 4.55. The van der Waals surface area contributed by atoms with Gasteiger partial charge in [0.25, 0.3) is 0 Å². The predicted octanol–water partition coefficient (Wildman–Crippen LogP) is 2.63. The van der Waals surface area contributed by atoms with Crippen LogP contribution in [0.5, 0.6) is 0 Å². The molecule has 94 valence electrons. The van der Waals surface area contributed by atoms with E-state index < -0.39 is 0 Å². The van der Waals surface area contributed by atoms with Crippen molar-refractivity contribution in [3.8, 4) is 0 Å². The first-order valence-electron chi connectivity index (χ1n) is 5.60. The van der Waals surface area contributed by atoms with Crippen molar-refractivity contribution in [3.05, 3.63) is 34.9 Å². The van der Waals surface area contributed by atoms with Gasteiger partial charge < -0.3 is 10.1 Å². The van der Waals surface area contributed by atoms with Crippen LogP contribution in [0.2, 0.25) is 5.02 Å². The standard InChI is InChI=1S/C13H18ClNO2/c1-9(2)12(13(16)17-3)15-8-10-5-4-6-11(14)7-10/h4-7,9,12,15H,8H2,1-3H3/t12-/m1/s1. The fraction of sp³-hybridized carbons (Fsp3) is 0.462. The van der Waals surface area contributed by atoms with E-state index in [9.17, 15) is 4.79 Å². The summed E-state index contributed by atoms with van der Waals surface area (Å²) in [5.74, 6) is -0.0522. The molecule has 4 heteroatoms. The third kappa shape index (κ3) is 4.36. The Labute approximate surface area is 107 Å². The minimum Gasteiger partial charge on any atom is -0.468 e. The summed E-state index contributed by atoms with van der Waals surface area (Å²) in [5.41, 5.74) is 1.05. The van der Waals surface area contributed by atoms with Crippen LogP contribution in [0.3, 0.4) is 0 Å². The Morgan fingerprint density at radius 2 is 2.18 bits per heavy atom. The molecule has 0 fully saturated rings. The Bertz CT molecular complexity index is 379. The van der Waals surface area contributed by atoms with Crippen molar-refractivity contribution in [2.75, 3.05) is 7.11 Å². The van der Waals surface area contributed by atoms with Crippen molar-refractivity contribution in [1.29, 1.82) is 0 Å². The first-order valence-corrected chi connectivity index (χ1v) is 5.98. The van der Waals surface area contributed by atoms with E-state index in [-0.39, 0.29) is 17.9 Å². The lowest BCUT2D eigenvalue weighted by Crippen LogP contribution is -2.41. The molecule has 1 rings (SSSR count). The lowest BCUT2D eigenvalue weighted by atomic mass is 10.0. The number of carbonyl (C=O) groups is 1. The summed E-state index contributed by atoms with van der Waals surface area (Å²) in [4.78, 5) is 11.5. The zero-order valence-corrected chi connectivity index (χ0v) is 11.1. The second kappa shape index (κ2) is 6.62. The average molecular weight is 256 g/mol. The number of rotatable bonds is 5. The number of halogens is 1. The van der Waals surface area contributed by atoms with E-state index in [1.807, 2.05) is 38.1 Å². The molecule has 1 aromatic rings. The van der Waals surface area contributed by atoms with Gasteiger partial charge in [-0.2, -0.15) is 0 Å². The van der Waals surface area contributed by atoms with Gasteiger partial charge in [-0.15, -0.1) is 0 Å². The number of ether oxygens (including phenoxy) is 1. The molecule has 0 spiro atoms. The van der Waals surface area contributed by atoms with Crippen molar-refractivity contribution < 1.29 is 9.53 Å². The molecule has 0 aliphatic heterocycles. The zero-order chi connectivity index (χ0) is 12.8. The fourth-order valence-electron chi connectivity index (χ4n) is 1.59. The third-order valence-corrected chi connectivity index (χ3v) is 2.77. The molecule has 0 heterocycles. The van der Waals surface area contributed by atoms with Gasteiger partial charge in [-0.3, -0.25) is 4.79 Å². The van der Waals surface area contributed by atoms with Crippen LogP contribution in [0.1, 0.15) is 19.4 Å². The number of benzene rings is 1. The number of methoxy groups -OCH3 is 1. The minimum absolute atomic E-state index is 0.182. The highest BCUT2D eigenvalue weighted by atomic mass is 35.5. The molecule has 3 nitrogen and oxygen atoms in total. The molecule has 1 atom stereocenters. The lowest BCUT2D eigenvalue weighted by Gasteiger charge is -2.19. The summed E-state index contributed by atoms with van der Waals surface area (Å²) in [7, 11) is 1.40. The molecule has 1 N–H and O–H groups in total. The zero-order valence-electron chi connectivity index (χ0n) is 10.4. The van der Waals surface area contributed by atoms with E-state index in [1.54, 1.807) is 0 Å². The van der Waals surface area contributed by atoms with Gasteiger partial charge in [-0.25, -0.2) is 0 Å². The average Bonchev–Trinajstić information content (AvgIpc) is 2.28. The van der Waals surface area contributed by atoms with Gasteiger partial charge in [0.1, 0.15) is 6.04 Å². The van der Waals surface area contributed by atoms with Crippen molar-refractivity contribution in [2.45, 2.75) is 26.4 Å². The number of hydrogen-bond donors (Lipinski definition) is 1. The van der Waals surface area contributed by atoms with Crippen LogP contribution in [0.15, 0.2) is 24.3 Å². The monoisotopic (exact) mass is 255 g/mol. The summed E-state index contributed by atoms with van der Waals surface area (Å²) in [6, 6.07) is 7.27. The van der Waals surface area contributed by atoms with Crippen LogP contribution in [-0.4, -0.2) is 19.1 Å². The lowest BCUT2D eigenvalue weighted by molar-refractivity contribution is -0.144. The third-order valence-electron chi connectivity index (χ3n) is 2.54. The fourth-order valence-corrected chi connectivity index (χ4v) is 1.81. The number of hydrogen-bond acceptors (Lipinski definition) is 3. The molecule has 1 aromatic carbocycles. The van der Waals surface area contributed by atoms with Crippen molar-refractivity contribution in [1.82, 2.24) is 5.32 Å². The molecule has 0 aromatic heterocycles. The van der Waals surface area contributed by atoms with Gasteiger partial charge in [0.05, 0.1) is 7.11 Å². The van der Waals surface area contributed by atoms with Crippen molar-refractivity contribution >= 4 is 17.6 Å². The quantitative estimate of drug-likeness (QED) is 0.822. The summed E-state index contributed by atoms with van der Waals surface area (Å²) >= 11 is 5.89. The first kappa shape index (κ1) is 14.0. The normalized spacial score (nSPS) is 12.5. The second-order valence-corrected chi connectivity index (χ2v) is 4.69. The molecule has 0 aliphatic carbocycles. The van der Waals surface area contributed by atoms with Crippen LogP contribution >= 0.6 is 11.6 Å². The molecule has 0 radical (unpaired) electrons. The van der Waals surface area contributed by atoms with E-state index in [0.717, 1.165) is 5.56 Å². The van der Waals surface area contributed by atoms with Gasteiger partial charge in [0.2, 0.25) is 0 Å². The van der Waals surface area contributed by atoms with E-state index >= 15 is 0 Å². The van der Waals surface area contributed by atoms with Gasteiger partial charge in [-0.05, 0) is 23.6 Å². The topological polar surface area (TPSA) is 38.3 Å². The maximum Gasteiger partial charge on any atom is 0.323 e. The number of carbonyl (C=O) groups excluding carboxylic acids is 1. The molecule has 0 saturated carbocycles. The van der Waals surface area contributed by atoms with Crippen molar-refractivity contribution in [3.63, 3.8) is 0 Å². The van der Waals surface area contributed by atoms with E-state index in [2.05, 4.69) is 5.32 Å². The molecule has 0 aliphatic rings. The van der Waals surface area contributed by atoms with Gasteiger partial charge in [0.15, 0.2) is 0 Å².